The van der Waals surface area contributed by atoms with E-state index in [1.807, 2.05) is 35.8 Å². The Morgan fingerprint density at radius 2 is 2.04 bits per heavy atom. The average Bonchev–Trinajstić information content (AvgIpc) is 3.03. The van der Waals surface area contributed by atoms with Gasteiger partial charge < -0.3 is 4.74 Å². The summed E-state index contributed by atoms with van der Waals surface area (Å²) in [6.45, 7) is 8.54. The van der Waals surface area contributed by atoms with E-state index in [1.54, 1.807) is 17.8 Å². The van der Waals surface area contributed by atoms with Gasteiger partial charge in [0.15, 0.2) is 17.1 Å². The summed E-state index contributed by atoms with van der Waals surface area (Å²) in [5.41, 5.74) is 2.52. The van der Waals surface area contributed by atoms with Gasteiger partial charge >= 0.3 is 0 Å². The van der Waals surface area contributed by atoms with E-state index >= 15 is 0 Å². The molecular weight excluding hydrogens is 378 g/mol. The molecule has 0 saturated heterocycles. The fourth-order valence-corrected chi connectivity index (χ4v) is 3.83. The zero-order valence-corrected chi connectivity index (χ0v) is 17.0. The highest BCUT2D eigenvalue weighted by atomic mass is 35.5. The van der Waals surface area contributed by atoms with Crippen LogP contribution in [0.3, 0.4) is 0 Å². The largest absolute Gasteiger partial charge is 0.483 e. The molecule has 0 saturated carbocycles. The van der Waals surface area contributed by atoms with Crippen molar-refractivity contribution in [3.63, 3.8) is 0 Å². The monoisotopic (exact) mass is 399 g/mol. The lowest BCUT2D eigenvalue weighted by molar-refractivity contribution is 0.210. The fourth-order valence-electron chi connectivity index (χ4n) is 2.76. The first-order valence-electron chi connectivity index (χ1n) is 8.71. The van der Waals surface area contributed by atoms with Crippen LogP contribution in [0.15, 0.2) is 66.3 Å². The third kappa shape index (κ3) is 5.15. The SMILES string of the molecule is C=CCn1c(SCc2cccc(C)c2)nnc1C(C)Oc1cccc(Cl)c1. The molecule has 1 atom stereocenters. The molecule has 1 unspecified atom stereocenters. The molecule has 0 spiro atoms. The molecule has 1 heterocycles. The summed E-state index contributed by atoms with van der Waals surface area (Å²) >= 11 is 7.70. The summed E-state index contributed by atoms with van der Waals surface area (Å²) in [4.78, 5) is 0. The molecule has 0 radical (unpaired) electrons. The minimum Gasteiger partial charge on any atom is -0.483 e. The summed E-state index contributed by atoms with van der Waals surface area (Å²) in [5.74, 6) is 2.30. The molecule has 6 heteroatoms. The third-order valence-corrected chi connectivity index (χ3v) is 5.25. The van der Waals surface area contributed by atoms with E-state index in [-0.39, 0.29) is 6.10 Å². The fraction of sp³-hybridized carbons (Fsp3) is 0.238. The second-order valence-electron chi connectivity index (χ2n) is 6.24. The Morgan fingerprint density at radius 3 is 2.78 bits per heavy atom. The van der Waals surface area contributed by atoms with Gasteiger partial charge in [0, 0.05) is 17.3 Å². The summed E-state index contributed by atoms with van der Waals surface area (Å²) in [6.07, 6.45) is 1.58. The van der Waals surface area contributed by atoms with E-state index in [2.05, 4.69) is 48.0 Å². The van der Waals surface area contributed by atoms with Crippen LogP contribution in [-0.4, -0.2) is 14.8 Å². The number of aromatic nitrogens is 3. The number of aryl methyl sites for hydroxylation is 1. The van der Waals surface area contributed by atoms with Gasteiger partial charge in [-0.1, -0.05) is 65.3 Å². The predicted octanol–water partition coefficient (Wildman–Crippen LogP) is 5.86. The van der Waals surface area contributed by atoms with Crippen LogP contribution in [0.5, 0.6) is 5.75 Å². The van der Waals surface area contributed by atoms with Crippen molar-refractivity contribution in [3.05, 3.63) is 83.2 Å². The first-order chi connectivity index (χ1) is 13.1. The molecule has 0 aliphatic rings. The lowest BCUT2D eigenvalue weighted by Crippen LogP contribution is -2.12. The van der Waals surface area contributed by atoms with Crippen LogP contribution in [0.4, 0.5) is 0 Å². The Bertz CT molecular complexity index is 925. The Hall–Kier alpha value is -2.24. The summed E-state index contributed by atoms with van der Waals surface area (Å²) < 4.78 is 8.05. The van der Waals surface area contributed by atoms with E-state index in [4.69, 9.17) is 16.3 Å². The van der Waals surface area contributed by atoms with E-state index in [0.717, 1.165) is 16.7 Å². The van der Waals surface area contributed by atoms with Crippen LogP contribution in [0.1, 0.15) is 30.0 Å². The first-order valence-corrected chi connectivity index (χ1v) is 10.1. The van der Waals surface area contributed by atoms with E-state index in [9.17, 15) is 0 Å². The van der Waals surface area contributed by atoms with E-state index < -0.39 is 0 Å². The van der Waals surface area contributed by atoms with E-state index in [1.165, 1.54) is 11.1 Å². The number of rotatable bonds is 8. The molecule has 0 bridgehead atoms. The first kappa shape index (κ1) is 19.5. The lowest BCUT2D eigenvalue weighted by atomic mass is 10.2. The smallest absolute Gasteiger partial charge is 0.191 e. The maximum Gasteiger partial charge on any atom is 0.191 e. The zero-order valence-electron chi connectivity index (χ0n) is 15.4. The highest BCUT2D eigenvalue weighted by molar-refractivity contribution is 7.98. The number of nitrogens with zero attached hydrogens (tertiary/aromatic N) is 3. The van der Waals surface area contributed by atoms with Gasteiger partial charge in [0.1, 0.15) is 5.75 Å². The third-order valence-electron chi connectivity index (χ3n) is 3.98. The molecule has 4 nitrogen and oxygen atoms in total. The molecule has 2 aromatic carbocycles. The predicted molar refractivity (Wildman–Crippen MR) is 111 cm³/mol. The van der Waals surface area contributed by atoms with Crippen LogP contribution in [0.2, 0.25) is 5.02 Å². The maximum absolute atomic E-state index is 6.04. The molecule has 0 N–H and O–H groups in total. The van der Waals surface area contributed by atoms with Gasteiger partial charge in [-0.05, 0) is 37.6 Å². The second-order valence-corrected chi connectivity index (χ2v) is 7.61. The van der Waals surface area contributed by atoms with Crippen LogP contribution >= 0.6 is 23.4 Å². The highest BCUT2D eigenvalue weighted by Crippen LogP contribution is 2.27. The summed E-state index contributed by atoms with van der Waals surface area (Å²) in [7, 11) is 0. The van der Waals surface area contributed by atoms with Crippen LogP contribution in [-0.2, 0) is 12.3 Å². The molecule has 3 aromatic rings. The molecule has 0 amide bonds. The zero-order chi connectivity index (χ0) is 19.2. The number of halogens is 1. The Labute approximate surface area is 169 Å². The summed E-state index contributed by atoms with van der Waals surface area (Å²) in [5, 5.41) is 10.2. The number of benzene rings is 2. The molecular formula is C21H22ClN3OS. The molecule has 1 aromatic heterocycles. The van der Waals surface area contributed by atoms with Crippen molar-refractivity contribution in [1.29, 1.82) is 0 Å². The Kier molecular flexibility index (Phi) is 6.58. The van der Waals surface area contributed by atoms with Crippen molar-refractivity contribution < 1.29 is 4.74 Å². The Balaban J connectivity index is 1.76. The minimum absolute atomic E-state index is 0.260. The number of thioether (sulfide) groups is 1. The molecule has 0 aliphatic carbocycles. The van der Waals surface area contributed by atoms with Crippen LogP contribution in [0.25, 0.3) is 0 Å². The number of allylic oxidation sites excluding steroid dienone is 1. The van der Waals surface area contributed by atoms with Gasteiger partial charge in [0.2, 0.25) is 0 Å². The van der Waals surface area contributed by atoms with Gasteiger partial charge in [-0.15, -0.1) is 16.8 Å². The van der Waals surface area contributed by atoms with Crippen LogP contribution in [0, 0.1) is 6.92 Å². The van der Waals surface area contributed by atoms with Crippen molar-refractivity contribution in [2.75, 3.05) is 0 Å². The van der Waals surface area contributed by atoms with Crippen molar-refractivity contribution >= 4 is 23.4 Å². The molecule has 0 aliphatic heterocycles. The standard InChI is InChI=1S/C21H22ClN3OS/c1-4-11-25-20(16(3)26-19-10-6-9-18(22)13-19)23-24-21(25)27-14-17-8-5-7-15(2)12-17/h4-10,12-13,16H,1,11,14H2,2-3H3. The van der Waals surface area contributed by atoms with Gasteiger partial charge in [-0.25, -0.2) is 0 Å². The van der Waals surface area contributed by atoms with Crippen molar-refractivity contribution in [2.45, 2.75) is 37.4 Å². The number of ether oxygens (including phenoxy) is 1. The maximum atomic E-state index is 6.04. The van der Waals surface area contributed by atoms with Gasteiger partial charge in [0.25, 0.3) is 0 Å². The Morgan fingerprint density at radius 1 is 1.22 bits per heavy atom. The van der Waals surface area contributed by atoms with Gasteiger partial charge in [0.05, 0.1) is 0 Å². The summed E-state index contributed by atoms with van der Waals surface area (Å²) in [6, 6.07) is 15.8. The van der Waals surface area contributed by atoms with Gasteiger partial charge in [-0.3, -0.25) is 4.57 Å². The van der Waals surface area contributed by atoms with Crippen LogP contribution < -0.4 is 4.74 Å². The van der Waals surface area contributed by atoms with Crippen molar-refractivity contribution in [2.24, 2.45) is 0 Å². The topological polar surface area (TPSA) is 39.9 Å². The minimum atomic E-state index is -0.260. The molecule has 3 rings (SSSR count). The highest BCUT2D eigenvalue weighted by Gasteiger charge is 2.19. The molecule has 140 valence electrons. The quantitative estimate of drug-likeness (QED) is 0.351. The van der Waals surface area contributed by atoms with E-state index in [0.29, 0.717) is 17.3 Å². The number of hydrogen-bond donors (Lipinski definition) is 0. The number of hydrogen-bond acceptors (Lipinski definition) is 4. The van der Waals surface area contributed by atoms with Crippen molar-refractivity contribution in [3.8, 4) is 5.75 Å². The lowest BCUT2D eigenvalue weighted by Gasteiger charge is -2.16. The van der Waals surface area contributed by atoms with Crippen molar-refractivity contribution in [1.82, 2.24) is 14.8 Å². The molecule has 27 heavy (non-hydrogen) atoms. The average molecular weight is 400 g/mol. The normalized spacial score (nSPS) is 12.0. The van der Waals surface area contributed by atoms with Gasteiger partial charge in [-0.2, -0.15) is 0 Å². The molecule has 0 fully saturated rings. The second kappa shape index (κ2) is 9.11.